The lowest BCUT2D eigenvalue weighted by molar-refractivity contribution is -0.185. The minimum absolute atomic E-state index is 0.0391. The molecule has 4 rings (SSSR count). The molecule has 0 amide bonds. The highest BCUT2D eigenvalue weighted by atomic mass is 16.7. The second-order valence-electron chi connectivity index (χ2n) is 6.78. The summed E-state index contributed by atoms with van der Waals surface area (Å²) >= 11 is 0. The molecule has 3 aliphatic carbocycles. The molecule has 0 aromatic carbocycles. The fraction of sp³-hybridized carbons (Fsp3) is 1.00. The van der Waals surface area contributed by atoms with E-state index in [2.05, 4.69) is 20.8 Å². The van der Waals surface area contributed by atoms with Crippen LogP contribution in [0.3, 0.4) is 0 Å². The van der Waals surface area contributed by atoms with Crippen molar-refractivity contribution in [2.24, 2.45) is 23.0 Å². The quantitative estimate of drug-likeness (QED) is 0.686. The van der Waals surface area contributed by atoms with Crippen LogP contribution in [0.5, 0.6) is 0 Å². The van der Waals surface area contributed by atoms with Crippen molar-refractivity contribution < 1.29 is 9.31 Å². The Bertz CT molecular complexity index is 320. The highest BCUT2D eigenvalue weighted by Crippen LogP contribution is 2.64. The summed E-state index contributed by atoms with van der Waals surface area (Å²) in [5, 5.41) is 0. The SMILES string of the molecule is CC(N)B1OC2C3CC(C[C@]2(C)O1)C3(C)C. The average Bonchev–Trinajstić information content (AvgIpc) is 2.54. The van der Waals surface area contributed by atoms with Crippen LogP contribution in [0.1, 0.15) is 40.5 Å². The third kappa shape index (κ3) is 1.21. The first-order valence-corrected chi connectivity index (χ1v) is 6.43. The van der Waals surface area contributed by atoms with Gasteiger partial charge in [-0.2, -0.15) is 0 Å². The Balaban J connectivity index is 1.85. The van der Waals surface area contributed by atoms with E-state index >= 15 is 0 Å². The van der Waals surface area contributed by atoms with Crippen molar-refractivity contribution in [3.63, 3.8) is 0 Å². The Kier molecular flexibility index (Phi) is 2.10. The van der Waals surface area contributed by atoms with Crippen LogP contribution in [0.15, 0.2) is 0 Å². The van der Waals surface area contributed by atoms with Gasteiger partial charge in [0.1, 0.15) is 0 Å². The molecule has 90 valence electrons. The normalized spacial score (nSPS) is 50.8. The molecule has 2 bridgehead atoms. The summed E-state index contributed by atoms with van der Waals surface area (Å²) in [7, 11) is -0.204. The first kappa shape index (κ1) is 11.1. The van der Waals surface area contributed by atoms with Crippen molar-refractivity contribution in [2.75, 3.05) is 0 Å². The Hall–Kier alpha value is -0.0551. The van der Waals surface area contributed by atoms with Gasteiger partial charge in [-0.3, -0.25) is 0 Å². The molecular formula is C12H22BNO2. The van der Waals surface area contributed by atoms with Crippen molar-refractivity contribution in [2.45, 2.75) is 58.2 Å². The van der Waals surface area contributed by atoms with Gasteiger partial charge in [0.2, 0.25) is 0 Å². The van der Waals surface area contributed by atoms with Crippen LogP contribution in [0.4, 0.5) is 0 Å². The summed E-state index contributed by atoms with van der Waals surface area (Å²) in [5.41, 5.74) is 6.24. The van der Waals surface area contributed by atoms with Gasteiger partial charge in [0.15, 0.2) is 0 Å². The van der Waals surface area contributed by atoms with Gasteiger partial charge >= 0.3 is 7.12 Å². The molecule has 4 aliphatic rings. The van der Waals surface area contributed by atoms with Crippen LogP contribution in [-0.4, -0.2) is 24.8 Å². The van der Waals surface area contributed by atoms with Crippen LogP contribution in [-0.2, 0) is 9.31 Å². The largest absolute Gasteiger partial charge is 0.475 e. The molecule has 16 heavy (non-hydrogen) atoms. The van der Waals surface area contributed by atoms with Gasteiger partial charge in [-0.25, -0.2) is 0 Å². The second kappa shape index (κ2) is 3.03. The van der Waals surface area contributed by atoms with Gasteiger partial charge in [0, 0.05) is 5.94 Å². The van der Waals surface area contributed by atoms with E-state index in [9.17, 15) is 0 Å². The summed E-state index contributed by atoms with van der Waals surface area (Å²) < 4.78 is 12.1. The van der Waals surface area contributed by atoms with Gasteiger partial charge in [-0.05, 0) is 37.0 Å². The summed E-state index contributed by atoms with van der Waals surface area (Å²) in [4.78, 5) is 0. The van der Waals surface area contributed by atoms with E-state index in [0.29, 0.717) is 11.3 Å². The summed E-state index contributed by atoms with van der Waals surface area (Å²) in [5.74, 6) is 1.41. The van der Waals surface area contributed by atoms with Gasteiger partial charge in [-0.15, -0.1) is 0 Å². The molecule has 4 heteroatoms. The molecule has 0 aromatic heterocycles. The fourth-order valence-corrected chi connectivity index (χ4v) is 3.97. The van der Waals surface area contributed by atoms with E-state index < -0.39 is 0 Å². The van der Waals surface area contributed by atoms with E-state index in [4.69, 9.17) is 15.0 Å². The van der Waals surface area contributed by atoms with Crippen LogP contribution >= 0.6 is 0 Å². The van der Waals surface area contributed by atoms with Crippen LogP contribution < -0.4 is 5.73 Å². The molecule has 1 heterocycles. The third-order valence-corrected chi connectivity index (χ3v) is 5.26. The number of rotatable bonds is 1. The van der Waals surface area contributed by atoms with Crippen molar-refractivity contribution in [3.8, 4) is 0 Å². The maximum absolute atomic E-state index is 6.07. The number of nitrogens with two attached hydrogens (primary N) is 1. The summed E-state index contributed by atoms with van der Waals surface area (Å²) in [6.45, 7) is 8.90. The Morgan fingerprint density at radius 2 is 2.06 bits per heavy atom. The smallest absolute Gasteiger partial charge is 0.404 e. The van der Waals surface area contributed by atoms with Gasteiger partial charge in [-0.1, -0.05) is 20.8 Å². The lowest BCUT2D eigenvalue weighted by Crippen LogP contribution is -2.63. The van der Waals surface area contributed by atoms with E-state index in [1.54, 1.807) is 0 Å². The number of hydrogen-bond acceptors (Lipinski definition) is 3. The molecule has 0 spiro atoms. The molecule has 3 saturated carbocycles. The van der Waals surface area contributed by atoms with Crippen molar-refractivity contribution in [1.29, 1.82) is 0 Å². The second-order valence-corrected chi connectivity index (χ2v) is 6.78. The minimum atomic E-state index is -0.204. The monoisotopic (exact) mass is 223 g/mol. The molecular weight excluding hydrogens is 201 g/mol. The Morgan fingerprint density at radius 3 is 2.62 bits per heavy atom. The van der Waals surface area contributed by atoms with Crippen molar-refractivity contribution in [3.05, 3.63) is 0 Å². The maximum Gasteiger partial charge on any atom is 0.475 e. The first-order valence-electron chi connectivity index (χ1n) is 6.43. The van der Waals surface area contributed by atoms with E-state index in [1.807, 2.05) is 6.92 Å². The van der Waals surface area contributed by atoms with Gasteiger partial charge in [0.05, 0.1) is 11.7 Å². The molecule has 0 aromatic rings. The van der Waals surface area contributed by atoms with Crippen LogP contribution in [0, 0.1) is 17.3 Å². The van der Waals surface area contributed by atoms with Crippen LogP contribution in [0.25, 0.3) is 0 Å². The predicted molar refractivity (Wildman–Crippen MR) is 63.8 cm³/mol. The average molecular weight is 223 g/mol. The molecule has 5 atom stereocenters. The molecule has 2 N–H and O–H groups in total. The minimum Gasteiger partial charge on any atom is -0.404 e. The van der Waals surface area contributed by atoms with Gasteiger partial charge < -0.3 is 15.0 Å². The zero-order chi connectivity index (χ0) is 11.7. The topological polar surface area (TPSA) is 44.5 Å². The lowest BCUT2D eigenvalue weighted by Gasteiger charge is -2.63. The highest BCUT2D eigenvalue weighted by Gasteiger charge is 2.66. The fourth-order valence-electron chi connectivity index (χ4n) is 3.97. The molecule has 4 fully saturated rings. The van der Waals surface area contributed by atoms with Crippen molar-refractivity contribution in [1.82, 2.24) is 0 Å². The van der Waals surface area contributed by atoms with Crippen molar-refractivity contribution >= 4 is 7.12 Å². The standard InChI is InChI=1S/C12H22BNO2/c1-7(14)13-15-10-9-5-8(11(9,2)3)6-12(10,4)16-13/h7-10H,5-6,14H2,1-4H3/t7?,8?,9?,10?,12-/m0/s1. The zero-order valence-corrected chi connectivity index (χ0v) is 10.7. The highest BCUT2D eigenvalue weighted by molar-refractivity contribution is 6.47. The summed E-state index contributed by atoms with van der Waals surface area (Å²) in [6, 6.07) is 0. The molecule has 0 radical (unpaired) electrons. The first-order chi connectivity index (χ1) is 7.34. The number of hydrogen-bond donors (Lipinski definition) is 1. The molecule has 1 saturated heterocycles. The zero-order valence-electron chi connectivity index (χ0n) is 10.7. The predicted octanol–water partition coefficient (Wildman–Crippen LogP) is 1.60. The Labute approximate surface area is 98.2 Å². The Morgan fingerprint density at radius 1 is 1.38 bits per heavy atom. The molecule has 4 unspecified atom stereocenters. The maximum atomic E-state index is 6.07. The van der Waals surface area contributed by atoms with Crippen LogP contribution in [0.2, 0.25) is 0 Å². The van der Waals surface area contributed by atoms with E-state index in [0.717, 1.165) is 12.3 Å². The van der Waals surface area contributed by atoms with E-state index in [-0.39, 0.29) is 24.8 Å². The summed E-state index contributed by atoms with van der Waals surface area (Å²) in [6.07, 6.45) is 2.69. The molecule has 1 aliphatic heterocycles. The van der Waals surface area contributed by atoms with E-state index in [1.165, 1.54) is 6.42 Å². The van der Waals surface area contributed by atoms with Gasteiger partial charge in [0.25, 0.3) is 0 Å². The molecule has 3 nitrogen and oxygen atoms in total. The third-order valence-electron chi connectivity index (χ3n) is 5.26. The lowest BCUT2D eigenvalue weighted by atomic mass is 9.45.